The molecule has 0 aromatic carbocycles. The van der Waals surface area contributed by atoms with Crippen molar-refractivity contribution in [2.75, 3.05) is 0 Å². The zero-order chi connectivity index (χ0) is 3.41. The quantitative estimate of drug-likeness (QED) is 0.348. The fourth-order valence-electron chi connectivity index (χ4n) is 0. The molecule has 0 atom stereocenters. The minimum absolute atomic E-state index is 1.08. The molecule has 0 spiro atoms. The van der Waals surface area contributed by atoms with Crippen LogP contribution in [-0.2, 0) is 0 Å². The van der Waals surface area contributed by atoms with Crippen LogP contribution < -0.4 is 0 Å². The molecule has 0 saturated heterocycles. The zero-order valence-corrected chi connectivity index (χ0v) is 4.59. The number of allylic oxidation sites excluding steroid dienone is 1. The fraction of sp³-hybridized carbons (Fsp3) is 0.333. The van der Waals surface area contributed by atoms with Crippen molar-refractivity contribution in [2.45, 2.75) is 5.25 Å². The van der Waals surface area contributed by atoms with Gasteiger partial charge in [0.2, 0.25) is 0 Å². The van der Waals surface area contributed by atoms with Gasteiger partial charge < -0.3 is 0 Å². The Hall–Kier alpha value is 0.283. The van der Waals surface area contributed by atoms with Gasteiger partial charge in [-0.05, 0) is 0 Å². The van der Waals surface area contributed by atoms with Crippen molar-refractivity contribution in [1.29, 1.82) is 0 Å². The molecule has 0 N–H and O–H groups in total. The van der Waals surface area contributed by atoms with E-state index in [1.165, 1.54) is 0 Å². The van der Waals surface area contributed by atoms with E-state index >= 15 is 0 Å². The third kappa shape index (κ3) is 2.28. The Balaban J connectivity index is 2.30. The summed E-state index contributed by atoms with van der Waals surface area (Å²) < 4.78 is 0. The van der Waals surface area contributed by atoms with Gasteiger partial charge in [0, 0.05) is 0 Å². The third-order valence-corrected chi connectivity index (χ3v) is 0.750. The van der Waals surface area contributed by atoms with Gasteiger partial charge in [0.05, 0.1) is 0 Å². The van der Waals surface area contributed by atoms with Crippen LogP contribution in [0.15, 0.2) is 12.7 Å². The van der Waals surface area contributed by atoms with Gasteiger partial charge in [-0.2, -0.15) is 0 Å². The van der Waals surface area contributed by atoms with Crippen molar-refractivity contribution in [3.8, 4) is 0 Å². The van der Waals surface area contributed by atoms with Gasteiger partial charge in [-0.3, -0.25) is 0 Å². The molecule has 0 aromatic rings. The molecule has 0 aliphatic heterocycles. The Morgan fingerprint density at radius 3 is 2.25 bits per heavy atom. The van der Waals surface area contributed by atoms with Crippen molar-refractivity contribution in [2.24, 2.45) is 0 Å². The maximum absolute atomic E-state index is 3.48. The van der Waals surface area contributed by atoms with Gasteiger partial charge in [0.1, 0.15) is 0 Å². The molecule has 0 nitrogen and oxygen atoms in total. The topological polar surface area (TPSA) is 0 Å². The van der Waals surface area contributed by atoms with Crippen LogP contribution in [0, 0.1) is 0 Å². The van der Waals surface area contributed by atoms with E-state index in [2.05, 4.69) is 23.1 Å². The molecule has 0 saturated carbocycles. The van der Waals surface area contributed by atoms with Gasteiger partial charge in [-0.1, -0.05) is 0 Å². The molecular weight excluding hydrogens is 109 g/mol. The normalized spacial score (nSPS) is 6.25. The zero-order valence-electron chi connectivity index (χ0n) is 2.49. The number of rotatable bonds is 1. The van der Waals surface area contributed by atoms with E-state index in [0.717, 1.165) is 5.25 Å². The first-order valence-corrected chi connectivity index (χ1v) is 2.65. The summed E-state index contributed by atoms with van der Waals surface area (Å²) in [5.41, 5.74) is 0. The number of hydrogen-bond acceptors (Lipinski definition) is 0. The molecule has 0 rings (SSSR count). The van der Waals surface area contributed by atoms with Gasteiger partial charge in [-0.15, -0.1) is 0 Å². The first kappa shape index (κ1) is 4.28. The standard InChI is InChI=1S/C3H5Ge/c1-2-3-4/h2H,1,3H2. The predicted molar refractivity (Wildman–Crippen MR) is 20.8 cm³/mol. The van der Waals surface area contributed by atoms with Crippen molar-refractivity contribution in [1.82, 2.24) is 0 Å². The Morgan fingerprint density at radius 1 is 2.00 bits per heavy atom. The van der Waals surface area contributed by atoms with E-state index < -0.39 is 0 Å². The second kappa shape index (κ2) is 3.28. The van der Waals surface area contributed by atoms with Crippen molar-refractivity contribution < 1.29 is 0 Å². The summed E-state index contributed by atoms with van der Waals surface area (Å²) in [6.45, 7) is 3.48. The van der Waals surface area contributed by atoms with Crippen LogP contribution in [0.4, 0.5) is 0 Å². The molecule has 0 aromatic heterocycles. The first-order valence-electron chi connectivity index (χ1n) is 1.17. The van der Waals surface area contributed by atoms with Gasteiger partial charge >= 0.3 is 34.4 Å². The molecule has 3 radical (unpaired) electrons. The van der Waals surface area contributed by atoms with E-state index in [4.69, 9.17) is 0 Å². The Bertz CT molecular complexity index is 17.2. The van der Waals surface area contributed by atoms with Crippen molar-refractivity contribution in [3.05, 3.63) is 12.7 Å². The average molecular weight is 114 g/mol. The monoisotopic (exact) mass is 115 g/mol. The Morgan fingerprint density at radius 2 is 2.25 bits per heavy atom. The summed E-state index contributed by atoms with van der Waals surface area (Å²) >= 11 is 2.06. The van der Waals surface area contributed by atoms with Gasteiger partial charge in [0.25, 0.3) is 0 Å². The molecule has 21 valence electrons. The fourth-order valence-corrected chi connectivity index (χ4v) is 0. The van der Waals surface area contributed by atoms with Crippen LogP contribution in [0.1, 0.15) is 0 Å². The van der Waals surface area contributed by atoms with Crippen LogP contribution in [-0.4, -0.2) is 16.5 Å². The first-order chi connectivity index (χ1) is 1.91. The van der Waals surface area contributed by atoms with E-state index in [1.54, 1.807) is 0 Å². The number of hydrogen-bond donors (Lipinski definition) is 0. The maximum atomic E-state index is 3.48. The molecule has 0 heterocycles. The van der Waals surface area contributed by atoms with Crippen LogP contribution >= 0.6 is 0 Å². The van der Waals surface area contributed by atoms with Crippen LogP contribution in [0.3, 0.4) is 0 Å². The van der Waals surface area contributed by atoms with E-state index in [-0.39, 0.29) is 0 Å². The molecule has 4 heavy (non-hydrogen) atoms. The summed E-state index contributed by atoms with van der Waals surface area (Å²) in [4.78, 5) is 0. The summed E-state index contributed by atoms with van der Waals surface area (Å²) in [5.74, 6) is 0. The van der Waals surface area contributed by atoms with Crippen LogP contribution in [0.5, 0.6) is 0 Å². The van der Waals surface area contributed by atoms with Crippen molar-refractivity contribution in [3.63, 3.8) is 0 Å². The molecule has 0 bridgehead atoms. The van der Waals surface area contributed by atoms with Gasteiger partial charge in [-0.25, -0.2) is 0 Å². The van der Waals surface area contributed by atoms with Crippen LogP contribution in [0.25, 0.3) is 0 Å². The Labute approximate surface area is 35.1 Å². The minimum atomic E-state index is 1.08. The Kier molecular flexibility index (Phi) is 3.52. The third-order valence-electron chi connectivity index (χ3n) is 0.144. The summed E-state index contributed by atoms with van der Waals surface area (Å²) in [6, 6.07) is 0. The summed E-state index contributed by atoms with van der Waals surface area (Å²) in [5, 5.41) is 1.08. The predicted octanol–water partition coefficient (Wildman–Crippen LogP) is 0.759. The SMILES string of the molecule is C=C[CH2][Ge]. The molecule has 0 fully saturated rings. The molecule has 0 aliphatic rings. The van der Waals surface area contributed by atoms with Crippen LogP contribution in [0.2, 0.25) is 5.25 Å². The molecule has 1 heteroatoms. The summed E-state index contributed by atoms with van der Waals surface area (Å²) in [7, 11) is 0. The van der Waals surface area contributed by atoms with Crippen molar-refractivity contribution >= 4 is 16.5 Å². The molecular formula is C3H5Ge. The second-order valence-electron chi connectivity index (χ2n) is 0.493. The molecule has 0 aliphatic carbocycles. The molecule has 0 amide bonds. The van der Waals surface area contributed by atoms with E-state index in [0.29, 0.717) is 0 Å². The average Bonchev–Trinajstić information content (AvgIpc) is 1.37. The second-order valence-corrected chi connectivity index (χ2v) is 1.35. The summed E-state index contributed by atoms with van der Waals surface area (Å²) in [6.07, 6.45) is 1.88. The van der Waals surface area contributed by atoms with Gasteiger partial charge in [0.15, 0.2) is 0 Å². The molecule has 0 unspecified atom stereocenters. The van der Waals surface area contributed by atoms with E-state index in [9.17, 15) is 0 Å². The van der Waals surface area contributed by atoms with E-state index in [1.807, 2.05) is 6.08 Å².